The van der Waals surface area contributed by atoms with E-state index in [1.54, 1.807) is 0 Å². The van der Waals surface area contributed by atoms with Gasteiger partial charge in [0.1, 0.15) is 0 Å². The van der Waals surface area contributed by atoms with E-state index in [1.165, 1.54) is 14.2 Å². The highest BCUT2D eigenvalue weighted by atomic mass is 16.5. The van der Waals surface area contributed by atoms with Gasteiger partial charge in [0.15, 0.2) is 0 Å². The monoisotopic (exact) mass is 382 g/mol. The summed E-state index contributed by atoms with van der Waals surface area (Å²) >= 11 is 0. The van der Waals surface area contributed by atoms with Crippen LogP contribution in [-0.2, 0) is 19.1 Å². The van der Waals surface area contributed by atoms with Crippen molar-refractivity contribution in [3.8, 4) is 0 Å². The zero-order valence-electron chi connectivity index (χ0n) is 14.0. The Labute approximate surface area is 167 Å². The van der Waals surface area contributed by atoms with Gasteiger partial charge in [-0.1, -0.05) is 72.3 Å². The first-order valence-corrected chi connectivity index (χ1v) is 7.26. The van der Waals surface area contributed by atoms with Crippen LogP contribution in [-0.4, -0.2) is 26.2 Å². The van der Waals surface area contributed by atoms with Crippen LogP contribution in [0.3, 0.4) is 0 Å². The van der Waals surface area contributed by atoms with Crippen LogP contribution in [0.2, 0.25) is 0 Å². The second-order valence-corrected chi connectivity index (χ2v) is 6.93. The number of carbonyl (C=O) groups is 2. The molecule has 0 fully saturated rings. The van der Waals surface area contributed by atoms with Crippen molar-refractivity contribution in [3.63, 3.8) is 0 Å². The molecule has 4 nitrogen and oxygen atoms in total. The van der Waals surface area contributed by atoms with Crippen molar-refractivity contribution < 1.29 is 19.1 Å². The average molecular weight is 383 g/mol. The molecule has 0 bridgehead atoms. The highest BCUT2D eigenvalue weighted by molar-refractivity contribution is 5.78. The van der Waals surface area contributed by atoms with Crippen LogP contribution in [0.5, 0.6) is 0 Å². The second kappa shape index (κ2) is 18.7. The number of ether oxygens (including phenoxy) is 2. The summed E-state index contributed by atoms with van der Waals surface area (Å²) in [7, 11) is 2.78. The maximum absolute atomic E-state index is 12.0. The molecule has 0 N–H and O–H groups in total. The van der Waals surface area contributed by atoms with E-state index < -0.39 is 5.41 Å². The molecule has 0 heterocycles. The van der Waals surface area contributed by atoms with Gasteiger partial charge in [-0.05, 0) is 38.0 Å². The molecule has 166 valence electrons. The smallest absolute Gasteiger partial charge is 0.311 e. The molecule has 4 heteroatoms. The third-order valence-corrected chi connectivity index (χ3v) is 3.93. The van der Waals surface area contributed by atoms with Crippen molar-refractivity contribution in [1.82, 2.24) is 0 Å². The Morgan fingerprint density at radius 2 is 1.27 bits per heavy atom. The van der Waals surface area contributed by atoms with Gasteiger partial charge in [0.25, 0.3) is 0 Å². The molecule has 0 aromatic carbocycles. The van der Waals surface area contributed by atoms with Crippen molar-refractivity contribution in [2.45, 2.75) is 105 Å². The van der Waals surface area contributed by atoms with Crippen molar-refractivity contribution in [1.29, 1.82) is 0 Å². The van der Waals surface area contributed by atoms with Crippen LogP contribution in [0.1, 0.15) is 105 Å². The van der Waals surface area contributed by atoms with Gasteiger partial charge in [-0.25, -0.2) is 0 Å². The molecule has 0 radical (unpaired) electrons. The molecule has 0 amide bonds. The Balaban J connectivity index is -0.000000120. The lowest BCUT2D eigenvalue weighted by Crippen LogP contribution is -2.34. The van der Waals surface area contributed by atoms with Gasteiger partial charge >= 0.3 is 11.9 Å². The summed E-state index contributed by atoms with van der Waals surface area (Å²) < 4.78 is 9.77. The van der Waals surface area contributed by atoms with Gasteiger partial charge in [0.05, 0.1) is 25.6 Å². The Bertz CT molecular complexity index is 332. The molecule has 0 spiro atoms. The van der Waals surface area contributed by atoms with E-state index in [0.29, 0.717) is 12.8 Å². The highest BCUT2D eigenvalue weighted by Crippen LogP contribution is 2.35. The molecular weight excluding hydrogens is 328 g/mol. The topological polar surface area (TPSA) is 52.6 Å². The van der Waals surface area contributed by atoms with Crippen molar-refractivity contribution in [2.24, 2.45) is 16.7 Å². The van der Waals surface area contributed by atoms with Gasteiger partial charge in [0, 0.05) is 0 Å². The van der Waals surface area contributed by atoms with E-state index in [9.17, 15) is 9.59 Å². The Morgan fingerprint density at radius 3 is 1.54 bits per heavy atom. The zero-order chi connectivity index (χ0) is 16.0. The Morgan fingerprint density at radius 1 is 0.846 bits per heavy atom. The molecular formula is C22H54O4. The maximum atomic E-state index is 12.0. The predicted octanol–water partition coefficient (Wildman–Crippen LogP) is 7.40. The molecule has 26 heavy (non-hydrogen) atoms. The van der Waals surface area contributed by atoms with Crippen molar-refractivity contribution in [2.75, 3.05) is 14.2 Å². The normalized spacial score (nSPS) is 12.4. The number of rotatable bonds is 7. The summed E-state index contributed by atoms with van der Waals surface area (Å²) in [6.45, 7) is 10.2. The minimum absolute atomic E-state index is 0. The average Bonchev–Trinajstić information content (AvgIpc) is 2.40. The molecule has 2 atom stereocenters. The fourth-order valence-corrected chi connectivity index (χ4v) is 2.24. The summed E-state index contributed by atoms with van der Waals surface area (Å²) in [6.07, 6.45) is 2.75. The molecule has 0 aliphatic rings. The minimum Gasteiger partial charge on any atom is -0.469 e. The molecule has 0 saturated heterocycles. The minimum atomic E-state index is -0.633. The van der Waals surface area contributed by atoms with Gasteiger partial charge < -0.3 is 9.47 Å². The predicted molar refractivity (Wildman–Crippen MR) is 120 cm³/mol. The van der Waals surface area contributed by atoms with Crippen molar-refractivity contribution >= 4 is 11.9 Å². The van der Waals surface area contributed by atoms with E-state index in [0.717, 1.165) is 12.8 Å². The molecule has 0 aliphatic carbocycles. The van der Waals surface area contributed by atoms with Crippen molar-refractivity contribution in [3.05, 3.63) is 0 Å². The van der Waals surface area contributed by atoms with Gasteiger partial charge in [-0.15, -0.1) is 0 Å². The number of methoxy groups -OCH3 is 2. The highest BCUT2D eigenvalue weighted by Gasteiger charge is 2.38. The molecule has 0 aliphatic heterocycles. The van der Waals surface area contributed by atoms with Gasteiger partial charge in [0.2, 0.25) is 0 Å². The standard InChI is InChI=1S/C16H30O4.6CH4/c1-8-16(5,14(18)20-7)11-12(13(17)19-6)9-10-15(2,3)4;;;;;;/h12H,8-11H2,1-7H3;6*1H4. The first-order valence-electron chi connectivity index (χ1n) is 7.26. The number of carbonyl (C=O) groups excluding carboxylic acids is 2. The van der Waals surface area contributed by atoms with E-state index in [4.69, 9.17) is 9.47 Å². The summed E-state index contributed by atoms with van der Waals surface area (Å²) in [5, 5.41) is 0. The van der Waals surface area contributed by atoms with Gasteiger partial charge in [-0.2, -0.15) is 0 Å². The summed E-state index contributed by atoms with van der Waals surface area (Å²) in [5.41, 5.74) is -0.481. The lowest BCUT2D eigenvalue weighted by molar-refractivity contribution is -0.156. The van der Waals surface area contributed by atoms with Crippen LogP contribution in [0, 0.1) is 16.7 Å². The largest absolute Gasteiger partial charge is 0.469 e. The van der Waals surface area contributed by atoms with Gasteiger partial charge in [-0.3, -0.25) is 9.59 Å². The first-order chi connectivity index (χ1) is 9.09. The Hall–Kier alpha value is -1.06. The van der Waals surface area contributed by atoms with Crippen LogP contribution in [0.25, 0.3) is 0 Å². The van der Waals surface area contributed by atoms with E-state index in [1.807, 2.05) is 13.8 Å². The SMILES string of the molecule is C.C.C.C.C.C.CCC(C)(CC(CCC(C)(C)C)C(=O)OC)C(=O)OC. The number of hydrogen-bond donors (Lipinski definition) is 0. The number of hydrogen-bond acceptors (Lipinski definition) is 4. The fourth-order valence-electron chi connectivity index (χ4n) is 2.24. The maximum Gasteiger partial charge on any atom is 0.311 e. The van der Waals surface area contributed by atoms with Crippen LogP contribution in [0.15, 0.2) is 0 Å². The van der Waals surface area contributed by atoms with Crippen LogP contribution < -0.4 is 0 Å². The number of esters is 2. The van der Waals surface area contributed by atoms with Crippen LogP contribution >= 0.6 is 0 Å². The van der Waals surface area contributed by atoms with Crippen LogP contribution in [0.4, 0.5) is 0 Å². The molecule has 0 saturated carbocycles. The fraction of sp³-hybridized carbons (Fsp3) is 0.909. The van der Waals surface area contributed by atoms with E-state index in [-0.39, 0.29) is 67.8 Å². The summed E-state index contributed by atoms with van der Waals surface area (Å²) in [6, 6.07) is 0. The molecule has 0 rings (SSSR count). The van der Waals surface area contributed by atoms with E-state index >= 15 is 0 Å². The summed E-state index contributed by atoms with van der Waals surface area (Å²) in [4.78, 5) is 23.9. The molecule has 0 aromatic rings. The second-order valence-electron chi connectivity index (χ2n) is 6.93. The Kier molecular flexibility index (Phi) is 32.0. The molecule has 0 aromatic heterocycles. The summed E-state index contributed by atoms with van der Waals surface area (Å²) in [5.74, 6) is -0.759. The third-order valence-electron chi connectivity index (χ3n) is 3.93. The third kappa shape index (κ3) is 15.2. The lowest BCUT2D eigenvalue weighted by atomic mass is 9.75. The zero-order valence-corrected chi connectivity index (χ0v) is 14.0. The molecule has 2 unspecified atom stereocenters. The lowest BCUT2D eigenvalue weighted by Gasteiger charge is -2.30. The quantitative estimate of drug-likeness (QED) is 0.430. The first kappa shape index (κ1) is 44.4. The van der Waals surface area contributed by atoms with E-state index in [2.05, 4.69) is 20.8 Å².